The minimum absolute atomic E-state index is 0.00569. The summed E-state index contributed by atoms with van der Waals surface area (Å²) in [7, 11) is -2.39. The Hall–Kier alpha value is -2.94. The molecule has 0 aromatic heterocycles. The Morgan fingerprint density at radius 2 is 1.64 bits per heavy atom. The fraction of sp³-hybridized carbons (Fsp3) is 0.174. The highest BCUT2D eigenvalue weighted by atomic mass is 35.5. The van der Waals surface area contributed by atoms with E-state index >= 15 is 0 Å². The minimum atomic E-state index is -3.91. The molecule has 0 aliphatic heterocycles. The molecule has 0 aliphatic carbocycles. The maximum absolute atomic E-state index is 12.7. The first-order valence-electron chi connectivity index (χ1n) is 9.92. The number of methoxy groups -OCH3 is 1. The van der Waals surface area contributed by atoms with E-state index in [1.54, 1.807) is 36.4 Å². The van der Waals surface area contributed by atoms with E-state index in [0.717, 1.165) is 0 Å². The molecular weight excluding hydrogens is 487 g/mol. The van der Waals surface area contributed by atoms with Gasteiger partial charge in [-0.1, -0.05) is 48.3 Å². The number of halogens is 2. The van der Waals surface area contributed by atoms with Gasteiger partial charge in [0, 0.05) is 5.69 Å². The van der Waals surface area contributed by atoms with Gasteiger partial charge in [0.2, 0.25) is 0 Å². The average molecular weight is 509 g/mol. The van der Waals surface area contributed by atoms with Gasteiger partial charge in [-0.3, -0.25) is 9.52 Å². The highest BCUT2D eigenvalue weighted by Gasteiger charge is 2.21. The third-order valence-electron chi connectivity index (χ3n) is 4.63. The van der Waals surface area contributed by atoms with Crippen LogP contribution in [-0.4, -0.2) is 27.5 Å². The zero-order valence-corrected chi connectivity index (χ0v) is 20.2. The smallest absolute Gasteiger partial charge is 0.265 e. The van der Waals surface area contributed by atoms with Crippen LogP contribution in [0.5, 0.6) is 11.5 Å². The number of carbonyl (C=O) groups excluding carboxylic acids is 1. The van der Waals surface area contributed by atoms with Crippen LogP contribution < -0.4 is 19.5 Å². The van der Waals surface area contributed by atoms with Crippen molar-refractivity contribution in [2.75, 3.05) is 17.1 Å². The number of hydrogen-bond donors (Lipinski definition) is 2. The summed E-state index contributed by atoms with van der Waals surface area (Å²) in [6.07, 6.45) is -0.350. The number of ether oxygens (including phenoxy) is 2. The molecule has 3 aromatic rings. The number of carbonyl (C=O) groups is 1. The zero-order chi connectivity index (χ0) is 24.0. The molecule has 3 aromatic carbocycles. The molecule has 0 bridgehead atoms. The monoisotopic (exact) mass is 508 g/mol. The summed E-state index contributed by atoms with van der Waals surface area (Å²) in [6.45, 7) is 1.82. The maximum atomic E-state index is 12.7. The summed E-state index contributed by atoms with van der Waals surface area (Å²) >= 11 is 12.0. The van der Waals surface area contributed by atoms with Crippen molar-refractivity contribution in [3.05, 3.63) is 76.8 Å². The van der Waals surface area contributed by atoms with Gasteiger partial charge in [0.1, 0.15) is 0 Å². The van der Waals surface area contributed by atoms with Gasteiger partial charge in [0.15, 0.2) is 17.6 Å². The molecule has 10 heteroatoms. The van der Waals surface area contributed by atoms with Crippen molar-refractivity contribution < 1.29 is 22.7 Å². The molecule has 0 radical (unpaired) electrons. The molecule has 1 amide bonds. The molecular formula is C23H22Cl2N2O5S. The molecule has 7 nitrogen and oxygen atoms in total. The standard InChI is InChI=1S/C23H22Cl2N2O5S/c1-3-19(32-21-10-5-4-9-20(21)31-2)23(28)26-15-11-13-16(14-12-15)33(29,30)27-18-8-6-7-17(24)22(18)25/h4-14,19,27H,3H2,1-2H3,(H,26,28)/t19-/m1/s1. The fourth-order valence-corrected chi connectivity index (χ4v) is 4.39. The Bertz CT molecular complexity index is 1230. The molecule has 0 unspecified atom stereocenters. The van der Waals surface area contributed by atoms with Crippen molar-refractivity contribution in [1.82, 2.24) is 0 Å². The second-order valence-corrected chi connectivity index (χ2v) is 9.35. The lowest BCUT2D eigenvalue weighted by Gasteiger charge is -2.19. The van der Waals surface area contributed by atoms with E-state index in [1.165, 1.54) is 37.4 Å². The number of para-hydroxylation sites is 2. The third kappa shape index (κ3) is 6.10. The molecule has 0 spiro atoms. The van der Waals surface area contributed by atoms with Gasteiger partial charge in [-0.15, -0.1) is 0 Å². The zero-order valence-electron chi connectivity index (χ0n) is 17.8. The van der Waals surface area contributed by atoms with Crippen LogP contribution in [-0.2, 0) is 14.8 Å². The molecule has 2 N–H and O–H groups in total. The first kappa shape index (κ1) is 24.7. The largest absolute Gasteiger partial charge is 0.493 e. The van der Waals surface area contributed by atoms with Crippen LogP contribution in [0, 0.1) is 0 Å². The van der Waals surface area contributed by atoms with Crippen LogP contribution in [0.15, 0.2) is 71.6 Å². The predicted octanol–water partition coefficient (Wildman–Crippen LogP) is 5.60. The Kier molecular flexibility index (Phi) is 8.07. The van der Waals surface area contributed by atoms with Crippen molar-refractivity contribution in [2.45, 2.75) is 24.3 Å². The molecule has 1 atom stereocenters. The summed E-state index contributed by atoms with van der Waals surface area (Å²) < 4.78 is 38.8. The quantitative estimate of drug-likeness (QED) is 0.392. The first-order chi connectivity index (χ1) is 15.7. The maximum Gasteiger partial charge on any atom is 0.265 e. The Labute approximate surface area is 202 Å². The van der Waals surface area contributed by atoms with Crippen LogP contribution in [0.1, 0.15) is 13.3 Å². The Morgan fingerprint density at radius 1 is 0.970 bits per heavy atom. The normalized spacial score (nSPS) is 12.0. The summed E-state index contributed by atoms with van der Waals surface area (Å²) in [5.41, 5.74) is 0.586. The molecule has 33 heavy (non-hydrogen) atoms. The molecule has 3 rings (SSSR count). The SMILES string of the molecule is CC[C@@H](Oc1ccccc1OC)C(=O)Nc1ccc(S(=O)(=O)Nc2cccc(Cl)c2Cl)cc1. The van der Waals surface area contributed by atoms with E-state index in [0.29, 0.717) is 23.6 Å². The van der Waals surface area contributed by atoms with Gasteiger partial charge in [-0.25, -0.2) is 8.42 Å². The van der Waals surface area contributed by atoms with Gasteiger partial charge in [-0.05, 0) is 55.0 Å². The van der Waals surface area contributed by atoms with Gasteiger partial charge in [-0.2, -0.15) is 0 Å². The van der Waals surface area contributed by atoms with Gasteiger partial charge < -0.3 is 14.8 Å². The van der Waals surface area contributed by atoms with E-state index in [4.69, 9.17) is 32.7 Å². The molecule has 0 saturated carbocycles. The number of amides is 1. The summed E-state index contributed by atoms with van der Waals surface area (Å²) in [4.78, 5) is 12.7. The highest BCUT2D eigenvalue weighted by molar-refractivity contribution is 7.92. The number of sulfonamides is 1. The lowest BCUT2D eigenvalue weighted by Crippen LogP contribution is -2.32. The van der Waals surface area contributed by atoms with E-state index in [2.05, 4.69) is 10.0 Å². The Morgan fingerprint density at radius 3 is 2.27 bits per heavy atom. The van der Waals surface area contributed by atoms with Gasteiger partial charge >= 0.3 is 0 Å². The highest BCUT2D eigenvalue weighted by Crippen LogP contribution is 2.31. The molecule has 0 aliphatic rings. The van der Waals surface area contributed by atoms with Crippen LogP contribution in [0.4, 0.5) is 11.4 Å². The van der Waals surface area contributed by atoms with E-state index in [1.807, 2.05) is 6.92 Å². The second kappa shape index (κ2) is 10.8. The molecule has 0 saturated heterocycles. The van der Waals surface area contributed by atoms with Crippen LogP contribution in [0.25, 0.3) is 0 Å². The first-order valence-corrected chi connectivity index (χ1v) is 12.2. The second-order valence-electron chi connectivity index (χ2n) is 6.89. The topological polar surface area (TPSA) is 93.7 Å². The number of hydrogen-bond acceptors (Lipinski definition) is 5. The Balaban J connectivity index is 1.70. The molecule has 174 valence electrons. The number of anilines is 2. The molecule has 0 heterocycles. The third-order valence-corrected chi connectivity index (χ3v) is 6.83. The summed E-state index contributed by atoms with van der Waals surface area (Å²) in [6, 6.07) is 17.4. The van der Waals surface area contributed by atoms with Crippen LogP contribution in [0.2, 0.25) is 10.0 Å². The van der Waals surface area contributed by atoms with E-state index < -0.39 is 16.1 Å². The van der Waals surface area contributed by atoms with Crippen molar-refractivity contribution in [3.8, 4) is 11.5 Å². The van der Waals surface area contributed by atoms with Gasteiger partial charge in [0.25, 0.3) is 15.9 Å². The van der Waals surface area contributed by atoms with Crippen molar-refractivity contribution in [2.24, 2.45) is 0 Å². The lowest BCUT2D eigenvalue weighted by atomic mass is 10.2. The number of nitrogens with one attached hydrogen (secondary N) is 2. The van der Waals surface area contributed by atoms with Crippen molar-refractivity contribution in [1.29, 1.82) is 0 Å². The predicted molar refractivity (Wildman–Crippen MR) is 130 cm³/mol. The van der Waals surface area contributed by atoms with E-state index in [-0.39, 0.29) is 26.5 Å². The van der Waals surface area contributed by atoms with Crippen LogP contribution in [0.3, 0.4) is 0 Å². The van der Waals surface area contributed by atoms with Crippen LogP contribution >= 0.6 is 23.2 Å². The van der Waals surface area contributed by atoms with Gasteiger partial charge in [0.05, 0.1) is 27.7 Å². The summed E-state index contributed by atoms with van der Waals surface area (Å²) in [5.74, 6) is 0.600. The van der Waals surface area contributed by atoms with Crippen molar-refractivity contribution >= 4 is 50.5 Å². The van der Waals surface area contributed by atoms with E-state index in [9.17, 15) is 13.2 Å². The molecule has 0 fully saturated rings. The average Bonchev–Trinajstić information content (AvgIpc) is 2.81. The van der Waals surface area contributed by atoms with Crippen molar-refractivity contribution in [3.63, 3.8) is 0 Å². The number of rotatable bonds is 9. The number of benzene rings is 3. The fourth-order valence-electron chi connectivity index (χ4n) is 2.92. The summed E-state index contributed by atoms with van der Waals surface area (Å²) in [5, 5.41) is 3.07. The minimum Gasteiger partial charge on any atom is -0.493 e. The lowest BCUT2D eigenvalue weighted by molar-refractivity contribution is -0.122.